The molecule has 4 heteroatoms. The van der Waals surface area contributed by atoms with Crippen LogP contribution in [0.2, 0.25) is 0 Å². The van der Waals surface area contributed by atoms with E-state index in [0.717, 1.165) is 38.9 Å². The fraction of sp³-hybridized carbons (Fsp3) is 0.900. The van der Waals surface area contributed by atoms with Crippen molar-refractivity contribution in [3.05, 3.63) is 0 Å². The lowest BCUT2D eigenvalue weighted by Gasteiger charge is -2.25. The molecule has 2 aliphatic heterocycles. The molecule has 0 saturated carbocycles. The van der Waals surface area contributed by atoms with E-state index in [9.17, 15) is 4.79 Å². The zero-order valence-corrected chi connectivity index (χ0v) is 8.51. The zero-order chi connectivity index (χ0) is 9.80. The predicted molar refractivity (Wildman–Crippen MR) is 55.1 cm³/mol. The van der Waals surface area contributed by atoms with Crippen molar-refractivity contribution >= 4 is 5.91 Å². The maximum absolute atomic E-state index is 11.7. The molecule has 0 radical (unpaired) electrons. The molecule has 0 spiro atoms. The first-order valence-corrected chi connectivity index (χ1v) is 5.61. The standard InChI is InChI=1S/C10H19N3O/c14-10(9-4-2-6-12-9)13-8-3-1-5-11-7-8/h8-9,11-12H,1-7H2,(H,13,14)/t8-,9+/m1/s1. The molecule has 14 heavy (non-hydrogen) atoms. The first-order valence-electron chi connectivity index (χ1n) is 5.61. The second kappa shape index (κ2) is 4.75. The van der Waals surface area contributed by atoms with Gasteiger partial charge in [-0.1, -0.05) is 0 Å². The van der Waals surface area contributed by atoms with Crippen LogP contribution in [0.25, 0.3) is 0 Å². The van der Waals surface area contributed by atoms with E-state index in [4.69, 9.17) is 0 Å². The Bertz CT molecular complexity index is 196. The summed E-state index contributed by atoms with van der Waals surface area (Å²) >= 11 is 0. The largest absolute Gasteiger partial charge is 0.351 e. The second-order valence-corrected chi connectivity index (χ2v) is 4.20. The Balaban J connectivity index is 1.75. The van der Waals surface area contributed by atoms with Crippen molar-refractivity contribution in [3.63, 3.8) is 0 Å². The van der Waals surface area contributed by atoms with Gasteiger partial charge in [0.15, 0.2) is 0 Å². The summed E-state index contributed by atoms with van der Waals surface area (Å²) in [4.78, 5) is 11.7. The third-order valence-corrected chi connectivity index (χ3v) is 3.02. The number of hydrogen-bond donors (Lipinski definition) is 3. The van der Waals surface area contributed by atoms with E-state index in [-0.39, 0.29) is 11.9 Å². The smallest absolute Gasteiger partial charge is 0.237 e. The minimum absolute atomic E-state index is 0.0666. The van der Waals surface area contributed by atoms with E-state index in [0.29, 0.717) is 6.04 Å². The van der Waals surface area contributed by atoms with Gasteiger partial charge in [-0.2, -0.15) is 0 Å². The lowest BCUT2D eigenvalue weighted by Crippen LogP contribution is -2.50. The lowest BCUT2D eigenvalue weighted by atomic mass is 10.1. The minimum atomic E-state index is 0.0666. The molecule has 2 atom stereocenters. The van der Waals surface area contributed by atoms with Crippen LogP contribution in [0, 0.1) is 0 Å². The highest BCUT2D eigenvalue weighted by Crippen LogP contribution is 2.07. The Morgan fingerprint density at radius 1 is 1.21 bits per heavy atom. The summed E-state index contributed by atoms with van der Waals surface area (Å²) in [5, 5.41) is 9.61. The van der Waals surface area contributed by atoms with Crippen LogP contribution in [0.1, 0.15) is 25.7 Å². The summed E-state index contributed by atoms with van der Waals surface area (Å²) in [6.07, 6.45) is 4.40. The molecule has 0 aromatic rings. The predicted octanol–water partition coefficient (Wildman–Crippen LogP) is -0.393. The third kappa shape index (κ3) is 2.45. The fourth-order valence-corrected chi connectivity index (χ4v) is 2.19. The topological polar surface area (TPSA) is 53.2 Å². The lowest BCUT2D eigenvalue weighted by molar-refractivity contribution is -0.123. The van der Waals surface area contributed by atoms with E-state index in [1.54, 1.807) is 0 Å². The molecule has 1 amide bonds. The maximum Gasteiger partial charge on any atom is 0.237 e. The molecule has 2 aliphatic rings. The van der Waals surface area contributed by atoms with E-state index < -0.39 is 0 Å². The minimum Gasteiger partial charge on any atom is -0.351 e. The molecule has 0 aliphatic carbocycles. The molecule has 4 nitrogen and oxygen atoms in total. The van der Waals surface area contributed by atoms with Crippen molar-refractivity contribution in [2.75, 3.05) is 19.6 Å². The third-order valence-electron chi connectivity index (χ3n) is 3.02. The number of carbonyl (C=O) groups is 1. The van der Waals surface area contributed by atoms with Gasteiger partial charge in [-0.25, -0.2) is 0 Å². The SMILES string of the molecule is O=C(N[C@@H]1CCCNC1)[C@@H]1CCCN1. The highest BCUT2D eigenvalue weighted by molar-refractivity contribution is 5.82. The van der Waals surface area contributed by atoms with Crippen LogP contribution in [0.15, 0.2) is 0 Å². The van der Waals surface area contributed by atoms with Crippen LogP contribution in [0.5, 0.6) is 0 Å². The molecule has 3 N–H and O–H groups in total. The Hall–Kier alpha value is -0.610. The summed E-state index contributed by atoms with van der Waals surface area (Å²) in [7, 11) is 0. The molecule has 0 aromatic carbocycles. The highest BCUT2D eigenvalue weighted by atomic mass is 16.2. The van der Waals surface area contributed by atoms with Crippen molar-refractivity contribution in [1.29, 1.82) is 0 Å². The van der Waals surface area contributed by atoms with Crippen molar-refractivity contribution < 1.29 is 4.79 Å². The van der Waals surface area contributed by atoms with Gasteiger partial charge in [0, 0.05) is 12.6 Å². The quantitative estimate of drug-likeness (QED) is 0.565. The van der Waals surface area contributed by atoms with Gasteiger partial charge in [-0.05, 0) is 38.8 Å². The number of rotatable bonds is 2. The summed E-state index contributed by atoms with van der Waals surface area (Å²) in [6, 6.07) is 0.413. The molecule has 0 unspecified atom stereocenters. The Kier molecular flexibility index (Phi) is 3.37. The van der Waals surface area contributed by atoms with Gasteiger partial charge in [0.25, 0.3) is 0 Å². The maximum atomic E-state index is 11.7. The molecule has 0 aromatic heterocycles. The van der Waals surface area contributed by atoms with Crippen molar-refractivity contribution in [2.24, 2.45) is 0 Å². The van der Waals surface area contributed by atoms with Gasteiger partial charge in [0.1, 0.15) is 0 Å². The van der Waals surface area contributed by atoms with Crippen molar-refractivity contribution in [1.82, 2.24) is 16.0 Å². The van der Waals surface area contributed by atoms with E-state index in [1.807, 2.05) is 0 Å². The molecule has 0 bridgehead atoms. The summed E-state index contributed by atoms with van der Waals surface area (Å²) < 4.78 is 0. The van der Waals surface area contributed by atoms with Gasteiger partial charge < -0.3 is 16.0 Å². The van der Waals surface area contributed by atoms with Crippen LogP contribution in [0.3, 0.4) is 0 Å². The van der Waals surface area contributed by atoms with Gasteiger partial charge in [-0.15, -0.1) is 0 Å². The first kappa shape index (κ1) is 9.93. The summed E-state index contributed by atoms with van der Waals surface area (Å²) in [6.45, 7) is 3.01. The normalized spacial score (nSPS) is 32.9. The molecule has 2 heterocycles. The van der Waals surface area contributed by atoms with Crippen LogP contribution < -0.4 is 16.0 Å². The second-order valence-electron chi connectivity index (χ2n) is 4.20. The van der Waals surface area contributed by atoms with E-state index in [2.05, 4.69) is 16.0 Å². The van der Waals surface area contributed by atoms with Crippen LogP contribution in [-0.2, 0) is 4.79 Å². The average Bonchev–Trinajstić information content (AvgIpc) is 2.72. The van der Waals surface area contributed by atoms with Gasteiger partial charge in [0.2, 0.25) is 5.91 Å². The summed E-state index contributed by atoms with van der Waals surface area (Å²) in [5.74, 6) is 0.191. The molecule has 2 saturated heterocycles. The number of nitrogens with one attached hydrogen (secondary N) is 3. The molecular formula is C10H19N3O. The van der Waals surface area contributed by atoms with Crippen LogP contribution in [0.4, 0.5) is 0 Å². The Labute approximate surface area is 84.8 Å². The van der Waals surface area contributed by atoms with E-state index in [1.165, 1.54) is 6.42 Å². The van der Waals surface area contributed by atoms with Gasteiger partial charge in [0.05, 0.1) is 6.04 Å². The number of piperidine rings is 1. The molecule has 2 fully saturated rings. The van der Waals surface area contributed by atoms with Crippen LogP contribution in [-0.4, -0.2) is 37.6 Å². The van der Waals surface area contributed by atoms with E-state index >= 15 is 0 Å². The number of carbonyl (C=O) groups excluding carboxylic acids is 1. The number of hydrogen-bond acceptors (Lipinski definition) is 3. The zero-order valence-electron chi connectivity index (χ0n) is 8.51. The number of amides is 1. The van der Waals surface area contributed by atoms with Crippen LogP contribution >= 0.6 is 0 Å². The molecular weight excluding hydrogens is 178 g/mol. The highest BCUT2D eigenvalue weighted by Gasteiger charge is 2.24. The van der Waals surface area contributed by atoms with Crippen molar-refractivity contribution in [3.8, 4) is 0 Å². The monoisotopic (exact) mass is 197 g/mol. The molecule has 2 rings (SSSR count). The fourth-order valence-electron chi connectivity index (χ4n) is 2.19. The van der Waals surface area contributed by atoms with Gasteiger partial charge in [-0.3, -0.25) is 4.79 Å². The van der Waals surface area contributed by atoms with Crippen molar-refractivity contribution in [2.45, 2.75) is 37.8 Å². The average molecular weight is 197 g/mol. The summed E-state index contributed by atoms with van der Waals surface area (Å²) in [5.41, 5.74) is 0. The first-order chi connectivity index (χ1) is 6.86. The van der Waals surface area contributed by atoms with Gasteiger partial charge >= 0.3 is 0 Å². The Morgan fingerprint density at radius 2 is 2.07 bits per heavy atom. The molecule has 80 valence electrons. The Morgan fingerprint density at radius 3 is 2.71 bits per heavy atom.